The monoisotopic (exact) mass is 339 g/mol. The highest BCUT2D eigenvalue weighted by Gasteiger charge is 2.19. The van der Waals surface area contributed by atoms with Gasteiger partial charge in [-0.25, -0.2) is 0 Å². The van der Waals surface area contributed by atoms with E-state index in [1.165, 1.54) is 12.8 Å². The fourth-order valence-electron chi connectivity index (χ4n) is 3.26. The molecular formula is C21H25NO3. The first-order valence-corrected chi connectivity index (χ1v) is 8.99. The zero-order chi connectivity index (χ0) is 17.5. The molecule has 0 aliphatic heterocycles. The first-order valence-electron chi connectivity index (χ1n) is 8.99. The van der Waals surface area contributed by atoms with Gasteiger partial charge < -0.3 is 9.47 Å². The van der Waals surface area contributed by atoms with Gasteiger partial charge in [0, 0.05) is 25.2 Å². The number of carbonyl (C=O) groups excluding carboxylic acids is 1. The molecule has 1 heterocycles. The van der Waals surface area contributed by atoms with Crippen molar-refractivity contribution in [2.24, 2.45) is 0 Å². The van der Waals surface area contributed by atoms with Crippen LogP contribution in [0.5, 0.6) is 11.5 Å². The van der Waals surface area contributed by atoms with Gasteiger partial charge in [-0.1, -0.05) is 6.07 Å². The first-order chi connectivity index (χ1) is 12.2. The molecule has 3 rings (SSSR count). The highest BCUT2D eigenvalue weighted by atomic mass is 16.5. The Hall–Kier alpha value is -2.36. The van der Waals surface area contributed by atoms with Crippen molar-refractivity contribution in [3.8, 4) is 11.5 Å². The second-order valence-corrected chi connectivity index (χ2v) is 6.58. The van der Waals surface area contributed by atoms with E-state index in [1.807, 2.05) is 30.3 Å². The number of aromatic nitrogens is 1. The Morgan fingerprint density at radius 1 is 1.08 bits per heavy atom. The zero-order valence-electron chi connectivity index (χ0n) is 14.7. The molecule has 132 valence electrons. The molecule has 1 aromatic carbocycles. The summed E-state index contributed by atoms with van der Waals surface area (Å²) in [6.07, 6.45) is 10.1. The van der Waals surface area contributed by atoms with Crippen molar-refractivity contribution in [1.82, 2.24) is 4.98 Å². The number of hydrogen-bond donors (Lipinski definition) is 0. The van der Waals surface area contributed by atoms with Gasteiger partial charge in [-0.05, 0) is 67.5 Å². The van der Waals surface area contributed by atoms with E-state index in [4.69, 9.17) is 9.47 Å². The Bertz CT molecular complexity index is 694. The van der Waals surface area contributed by atoms with E-state index in [9.17, 15) is 4.79 Å². The fourth-order valence-corrected chi connectivity index (χ4v) is 3.26. The molecule has 1 aliphatic carbocycles. The molecule has 0 unspecified atom stereocenters. The third-order valence-electron chi connectivity index (χ3n) is 4.67. The molecule has 0 spiro atoms. The van der Waals surface area contributed by atoms with Gasteiger partial charge in [-0.3, -0.25) is 9.78 Å². The van der Waals surface area contributed by atoms with Crippen molar-refractivity contribution in [2.75, 3.05) is 7.11 Å². The number of Topliss-reactive ketones (excluding diaryl/α,β-unsaturated/α-hetero) is 1. The average molecular weight is 339 g/mol. The molecule has 1 aromatic heterocycles. The highest BCUT2D eigenvalue weighted by molar-refractivity contribution is 5.81. The van der Waals surface area contributed by atoms with Crippen LogP contribution in [0.3, 0.4) is 0 Å². The fraction of sp³-hybridized carbons (Fsp3) is 0.429. The summed E-state index contributed by atoms with van der Waals surface area (Å²) in [7, 11) is 1.65. The van der Waals surface area contributed by atoms with Gasteiger partial charge in [-0.15, -0.1) is 0 Å². The van der Waals surface area contributed by atoms with Gasteiger partial charge in [0.15, 0.2) is 11.5 Å². The summed E-state index contributed by atoms with van der Waals surface area (Å²) < 4.78 is 11.5. The average Bonchev–Trinajstić information content (AvgIpc) is 3.14. The number of nitrogens with zero attached hydrogens (tertiary/aromatic N) is 1. The van der Waals surface area contributed by atoms with Crippen molar-refractivity contribution in [3.63, 3.8) is 0 Å². The van der Waals surface area contributed by atoms with E-state index >= 15 is 0 Å². The number of hydrogen-bond acceptors (Lipinski definition) is 4. The van der Waals surface area contributed by atoms with Gasteiger partial charge >= 0.3 is 0 Å². The maximum Gasteiger partial charge on any atom is 0.161 e. The molecule has 0 amide bonds. The van der Waals surface area contributed by atoms with Gasteiger partial charge in [-0.2, -0.15) is 0 Å². The van der Waals surface area contributed by atoms with Gasteiger partial charge in [0.25, 0.3) is 0 Å². The van der Waals surface area contributed by atoms with Crippen molar-refractivity contribution < 1.29 is 14.3 Å². The quantitative estimate of drug-likeness (QED) is 0.725. The van der Waals surface area contributed by atoms with E-state index in [-0.39, 0.29) is 11.9 Å². The third-order valence-corrected chi connectivity index (χ3v) is 4.67. The van der Waals surface area contributed by atoms with Crippen LogP contribution in [0.2, 0.25) is 0 Å². The van der Waals surface area contributed by atoms with Crippen LogP contribution in [0.15, 0.2) is 42.7 Å². The number of pyridine rings is 1. The number of ether oxygens (including phenoxy) is 2. The molecule has 4 nitrogen and oxygen atoms in total. The predicted octanol–water partition coefficient (Wildman–Crippen LogP) is 4.16. The van der Waals surface area contributed by atoms with E-state index in [0.717, 1.165) is 41.9 Å². The molecular weight excluding hydrogens is 314 g/mol. The maximum absolute atomic E-state index is 12.3. The summed E-state index contributed by atoms with van der Waals surface area (Å²) in [5.74, 6) is 1.72. The largest absolute Gasteiger partial charge is 0.493 e. The molecule has 0 atom stereocenters. The lowest BCUT2D eigenvalue weighted by Crippen LogP contribution is -2.12. The van der Waals surface area contributed by atoms with E-state index < -0.39 is 0 Å². The van der Waals surface area contributed by atoms with Gasteiger partial charge in [0.1, 0.15) is 5.78 Å². The zero-order valence-corrected chi connectivity index (χ0v) is 14.7. The molecule has 0 radical (unpaired) electrons. The number of carbonyl (C=O) groups is 1. The molecule has 1 aliphatic rings. The van der Waals surface area contributed by atoms with E-state index in [1.54, 1.807) is 19.5 Å². The second kappa shape index (κ2) is 8.65. The minimum absolute atomic E-state index is 0.230. The summed E-state index contributed by atoms with van der Waals surface area (Å²) in [6.45, 7) is 0. The summed E-state index contributed by atoms with van der Waals surface area (Å²) in [6, 6.07) is 9.71. The van der Waals surface area contributed by atoms with Crippen LogP contribution in [-0.2, 0) is 17.6 Å². The van der Waals surface area contributed by atoms with Crippen LogP contribution in [-0.4, -0.2) is 24.0 Å². The summed E-state index contributed by atoms with van der Waals surface area (Å²) in [4.78, 5) is 16.3. The number of rotatable bonds is 8. The lowest BCUT2D eigenvalue weighted by Gasteiger charge is -2.16. The van der Waals surface area contributed by atoms with Crippen LogP contribution in [0.25, 0.3) is 0 Å². The molecule has 4 heteroatoms. The van der Waals surface area contributed by atoms with Crippen LogP contribution in [0, 0.1) is 0 Å². The Labute approximate surface area is 149 Å². The standard InChI is InChI=1S/C21H25NO3/c1-24-20-9-7-17(15-21(20)25-19-4-2-3-5-19)14-18(23)8-6-16-10-12-22-13-11-16/h7,9-13,15,19H,2-6,8,14H2,1H3. The number of benzene rings is 1. The SMILES string of the molecule is COc1ccc(CC(=O)CCc2ccncc2)cc1OC1CCCC1. The lowest BCUT2D eigenvalue weighted by atomic mass is 10.0. The van der Waals surface area contributed by atoms with Crippen molar-refractivity contribution in [1.29, 1.82) is 0 Å². The van der Waals surface area contributed by atoms with Crippen molar-refractivity contribution in [3.05, 3.63) is 53.9 Å². The molecule has 2 aromatic rings. The molecule has 0 N–H and O–H groups in total. The molecule has 1 saturated carbocycles. The second-order valence-electron chi connectivity index (χ2n) is 6.58. The van der Waals surface area contributed by atoms with Crippen LogP contribution >= 0.6 is 0 Å². The van der Waals surface area contributed by atoms with Crippen molar-refractivity contribution >= 4 is 5.78 Å². The normalized spacial score (nSPS) is 14.4. The third kappa shape index (κ3) is 5.05. The summed E-state index contributed by atoms with van der Waals surface area (Å²) in [5.41, 5.74) is 2.12. The molecule has 0 saturated heterocycles. The Balaban J connectivity index is 1.60. The Morgan fingerprint density at radius 2 is 1.84 bits per heavy atom. The van der Waals surface area contributed by atoms with E-state index in [0.29, 0.717) is 12.8 Å². The minimum Gasteiger partial charge on any atom is -0.493 e. The first kappa shape index (κ1) is 17.5. The predicted molar refractivity (Wildman–Crippen MR) is 97.1 cm³/mol. The lowest BCUT2D eigenvalue weighted by molar-refractivity contribution is -0.118. The van der Waals surface area contributed by atoms with Gasteiger partial charge in [0.05, 0.1) is 13.2 Å². The Kier molecular flexibility index (Phi) is 6.04. The van der Waals surface area contributed by atoms with Crippen LogP contribution < -0.4 is 9.47 Å². The van der Waals surface area contributed by atoms with Crippen molar-refractivity contribution in [2.45, 2.75) is 51.0 Å². The number of methoxy groups -OCH3 is 1. The topological polar surface area (TPSA) is 48.4 Å². The summed E-state index contributed by atoms with van der Waals surface area (Å²) in [5, 5.41) is 0. The number of ketones is 1. The highest BCUT2D eigenvalue weighted by Crippen LogP contribution is 2.32. The number of aryl methyl sites for hydroxylation is 1. The minimum atomic E-state index is 0.230. The van der Waals surface area contributed by atoms with E-state index in [2.05, 4.69) is 4.98 Å². The molecule has 0 bridgehead atoms. The summed E-state index contributed by atoms with van der Waals surface area (Å²) >= 11 is 0. The smallest absolute Gasteiger partial charge is 0.161 e. The van der Waals surface area contributed by atoms with Crippen LogP contribution in [0.4, 0.5) is 0 Å². The van der Waals surface area contributed by atoms with Crippen LogP contribution in [0.1, 0.15) is 43.2 Å². The molecule has 1 fully saturated rings. The Morgan fingerprint density at radius 3 is 2.56 bits per heavy atom. The maximum atomic E-state index is 12.3. The van der Waals surface area contributed by atoms with Gasteiger partial charge in [0.2, 0.25) is 0 Å². The molecule has 25 heavy (non-hydrogen) atoms.